The summed E-state index contributed by atoms with van der Waals surface area (Å²) in [5.41, 5.74) is 3.54. The van der Waals surface area contributed by atoms with E-state index in [2.05, 4.69) is 62.2 Å². The number of rotatable bonds is 15. The van der Waals surface area contributed by atoms with Crippen LogP contribution >= 0.6 is 0 Å². The fourth-order valence-corrected chi connectivity index (χ4v) is 3.71. The summed E-state index contributed by atoms with van der Waals surface area (Å²) in [4.78, 5) is 4.69. The van der Waals surface area contributed by atoms with Gasteiger partial charge in [0.05, 0.1) is 11.8 Å². The van der Waals surface area contributed by atoms with E-state index in [0.29, 0.717) is 0 Å². The predicted octanol–water partition coefficient (Wildman–Crippen LogP) is 8.39. The van der Waals surface area contributed by atoms with Crippen molar-refractivity contribution in [2.75, 3.05) is 0 Å². The molecule has 0 N–H and O–H groups in total. The van der Waals surface area contributed by atoms with Crippen molar-refractivity contribution in [1.82, 2.24) is 4.98 Å². The summed E-state index contributed by atoms with van der Waals surface area (Å²) in [7, 11) is 0. The van der Waals surface area contributed by atoms with Crippen molar-refractivity contribution in [3.8, 4) is 17.0 Å². The Labute approximate surface area is 179 Å². The summed E-state index contributed by atoms with van der Waals surface area (Å²) in [6, 6.07) is 12.8. The standard InChI is InChI=1S/C27H41NO/c1-4-6-8-10-11-13-15-24-16-21-27(28-22-24)25-17-19-26(20-18-25)29-23(3)14-12-9-7-5-2/h16-23H,4-15H2,1-3H3/t23-/m0/s1. The summed E-state index contributed by atoms with van der Waals surface area (Å²) < 4.78 is 6.06. The molecule has 0 amide bonds. The second-order valence-electron chi connectivity index (χ2n) is 8.37. The molecule has 160 valence electrons. The Kier molecular flexibility index (Phi) is 11.5. The number of ether oxygens (including phenoxy) is 1. The monoisotopic (exact) mass is 395 g/mol. The van der Waals surface area contributed by atoms with E-state index >= 15 is 0 Å². The summed E-state index contributed by atoms with van der Waals surface area (Å²) in [5, 5.41) is 0. The van der Waals surface area contributed by atoms with Crippen LogP contribution in [0.25, 0.3) is 11.3 Å². The zero-order chi connectivity index (χ0) is 20.7. The van der Waals surface area contributed by atoms with Crippen molar-refractivity contribution < 1.29 is 4.74 Å². The summed E-state index contributed by atoms with van der Waals surface area (Å²) in [5.74, 6) is 0.955. The van der Waals surface area contributed by atoms with E-state index in [4.69, 9.17) is 4.74 Å². The van der Waals surface area contributed by atoms with E-state index in [1.807, 2.05) is 6.20 Å². The maximum atomic E-state index is 6.06. The number of unbranched alkanes of at least 4 members (excludes halogenated alkanes) is 8. The smallest absolute Gasteiger partial charge is 0.119 e. The molecule has 0 spiro atoms. The van der Waals surface area contributed by atoms with E-state index in [1.165, 1.54) is 69.8 Å². The van der Waals surface area contributed by atoms with Crippen LogP contribution in [-0.2, 0) is 6.42 Å². The second-order valence-corrected chi connectivity index (χ2v) is 8.37. The van der Waals surface area contributed by atoms with Crippen molar-refractivity contribution >= 4 is 0 Å². The van der Waals surface area contributed by atoms with Gasteiger partial charge >= 0.3 is 0 Å². The fourth-order valence-electron chi connectivity index (χ4n) is 3.71. The lowest BCUT2D eigenvalue weighted by Gasteiger charge is -2.15. The van der Waals surface area contributed by atoms with E-state index in [0.717, 1.165) is 29.8 Å². The molecule has 0 saturated carbocycles. The third-order valence-corrected chi connectivity index (χ3v) is 5.60. The van der Waals surface area contributed by atoms with Crippen molar-refractivity contribution in [2.24, 2.45) is 0 Å². The zero-order valence-electron chi connectivity index (χ0n) is 19.0. The Hall–Kier alpha value is -1.83. The molecule has 0 fully saturated rings. The van der Waals surface area contributed by atoms with Gasteiger partial charge in [0.1, 0.15) is 5.75 Å². The zero-order valence-corrected chi connectivity index (χ0v) is 19.0. The van der Waals surface area contributed by atoms with Gasteiger partial charge in [-0.2, -0.15) is 0 Å². The van der Waals surface area contributed by atoms with Gasteiger partial charge in [-0.25, -0.2) is 0 Å². The largest absolute Gasteiger partial charge is 0.491 e. The van der Waals surface area contributed by atoms with Crippen LogP contribution in [0.2, 0.25) is 0 Å². The Morgan fingerprint density at radius 1 is 0.759 bits per heavy atom. The van der Waals surface area contributed by atoms with Crippen LogP contribution in [-0.4, -0.2) is 11.1 Å². The normalized spacial score (nSPS) is 12.1. The molecule has 0 aliphatic carbocycles. The number of hydrogen-bond acceptors (Lipinski definition) is 2. The quantitative estimate of drug-likeness (QED) is 0.282. The van der Waals surface area contributed by atoms with Crippen LogP contribution in [0.15, 0.2) is 42.6 Å². The first-order valence-electron chi connectivity index (χ1n) is 11.9. The van der Waals surface area contributed by atoms with Gasteiger partial charge < -0.3 is 4.74 Å². The molecule has 0 unspecified atom stereocenters. The van der Waals surface area contributed by atoms with Crippen molar-refractivity contribution in [3.63, 3.8) is 0 Å². The number of aryl methyl sites for hydroxylation is 1. The molecule has 2 heteroatoms. The van der Waals surface area contributed by atoms with Gasteiger partial charge in [-0.15, -0.1) is 0 Å². The first-order chi connectivity index (χ1) is 14.2. The lowest BCUT2D eigenvalue weighted by Crippen LogP contribution is -2.11. The van der Waals surface area contributed by atoms with Crippen molar-refractivity contribution in [3.05, 3.63) is 48.2 Å². The minimum atomic E-state index is 0.275. The first kappa shape index (κ1) is 23.4. The molecule has 0 saturated heterocycles. The molecule has 1 heterocycles. The first-order valence-corrected chi connectivity index (χ1v) is 11.9. The molecule has 0 bridgehead atoms. The van der Waals surface area contributed by atoms with Gasteiger partial charge in [0, 0.05) is 11.8 Å². The van der Waals surface area contributed by atoms with Crippen LogP contribution < -0.4 is 4.74 Å². The molecule has 1 aromatic carbocycles. The predicted molar refractivity (Wildman–Crippen MR) is 126 cm³/mol. The highest BCUT2D eigenvalue weighted by Gasteiger charge is 2.05. The molecule has 0 aliphatic rings. The second kappa shape index (κ2) is 14.2. The summed E-state index contributed by atoms with van der Waals surface area (Å²) in [6.07, 6.45) is 17.8. The lowest BCUT2D eigenvalue weighted by atomic mass is 10.0. The minimum Gasteiger partial charge on any atom is -0.491 e. The molecule has 29 heavy (non-hydrogen) atoms. The Bertz CT molecular complexity index is 647. The molecule has 2 nitrogen and oxygen atoms in total. The maximum Gasteiger partial charge on any atom is 0.119 e. The maximum absolute atomic E-state index is 6.06. The summed E-state index contributed by atoms with van der Waals surface area (Å²) in [6.45, 7) is 6.69. The highest BCUT2D eigenvalue weighted by Crippen LogP contribution is 2.23. The third-order valence-electron chi connectivity index (χ3n) is 5.60. The highest BCUT2D eigenvalue weighted by atomic mass is 16.5. The van der Waals surface area contributed by atoms with Crippen LogP contribution in [0.5, 0.6) is 5.75 Å². The molecule has 2 rings (SSSR count). The van der Waals surface area contributed by atoms with E-state index in [1.54, 1.807) is 0 Å². The van der Waals surface area contributed by atoms with E-state index in [9.17, 15) is 0 Å². The SMILES string of the molecule is CCCCCCCCc1ccc(-c2ccc(O[C@@H](C)CCCCCC)cc2)nc1. The molecule has 1 aromatic heterocycles. The Morgan fingerprint density at radius 3 is 2.07 bits per heavy atom. The van der Waals surface area contributed by atoms with Crippen molar-refractivity contribution in [1.29, 1.82) is 0 Å². The van der Waals surface area contributed by atoms with E-state index < -0.39 is 0 Å². The number of hydrogen-bond donors (Lipinski definition) is 0. The Balaban J connectivity index is 1.76. The van der Waals surface area contributed by atoms with Crippen molar-refractivity contribution in [2.45, 2.75) is 104 Å². The average Bonchev–Trinajstić information content (AvgIpc) is 2.75. The van der Waals surface area contributed by atoms with Crippen LogP contribution in [0, 0.1) is 0 Å². The number of aromatic nitrogens is 1. The molecular weight excluding hydrogens is 354 g/mol. The summed E-state index contributed by atoms with van der Waals surface area (Å²) >= 11 is 0. The molecular formula is C27H41NO. The van der Waals surface area contributed by atoms with Gasteiger partial charge in [-0.1, -0.05) is 71.3 Å². The third kappa shape index (κ3) is 9.47. The lowest BCUT2D eigenvalue weighted by molar-refractivity contribution is 0.206. The molecule has 0 radical (unpaired) electrons. The molecule has 0 aliphatic heterocycles. The topological polar surface area (TPSA) is 22.1 Å². The van der Waals surface area contributed by atoms with E-state index in [-0.39, 0.29) is 6.10 Å². The average molecular weight is 396 g/mol. The minimum absolute atomic E-state index is 0.275. The number of nitrogens with zero attached hydrogens (tertiary/aromatic N) is 1. The van der Waals surface area contributed by atoms with Gasteiger partial charge in [-0.05, 0) is 68.5 Å². The molecule has 2 aromatic rings. The van der Waals surface area contributed by atoms with Gasteiger partial charge in [-0.3, -0.25) is 4.98 Å². The van der Waals surface area contributed by atoms with Crippen LogP contribution in [0.4, 0.5) is 0 Å². The fraction of sp³-hybridized carbons (Fsp3) is 0.593. The van der Waals surface area contributed by atoms with Gasteiger partial charge in [0.2, 0.25) is 0 Å². The Morgan fingerprint density at radius 2 is 1.41 bits per heavy atom. The highest BCUT2D eigenvalue weighted by molar-refractivity contribution is 5.60. The number of pyridine rings is 1. The van der Waals surface area contributed by atoms with Crippen LogP contribution in [0.1, 0.15) is 97.0 Å². The van der Waals surface area contributed by atoms with Gasteiger partial charge in [0.25, 0.3) is 0 Å². The van der Waals surface area contributed by atoms with Crippen LogP contribution in [0.3, 0.4) is 0 Å². The van der Waals surface area contributed by atoms with Gasteiger partial charge in [0.15, 0.2) is 0 Å². The molecule has 1 atom stereocenters. The number of benzene rings is 1.